The van der Waals surface area contributed by atoms with E-state index in [4.69, 9.17) is 34.8 Å². The Hall–Kier alpha value is -1.18. The average Bonchev–Trinajstić information content (AvgIpc) is 2.42. The van der Waals surface area contributed by atoms with Crippen molar-refractivity contribution in [3.05, 3.63) is 50.7 Å². The van der Waals surface area contributed by atoms with Gasteiger partial charge in [-0.25, -0.2) is 4.98 Å². The minimum Gasteiger partial charge on any atom is -0.238 e. The number of alkyl halides is 6. The molecular weight excluding hydrogens is 390 g/mol. The van der Waals surface area contributed by atoms with Gasteiger partial charge in [0.05, 0.1) is 15.1 Å². The molecule has 2 rings (SSSR count). The van der Waals surface area contributed by atoms with Crippen molar-refractivity contribution in [2.24, 2.45) is 0 Å². The van der Waals surface area contributed by atoms with Crippen LogP contribution in [-0.4, -0.2) is 4.98 Å². The molecule has 0 saturated carbocycles. The van der Waals surface area contributed by atoms with Crippen LogP contribution in [0.4, 0.5) is 26.3 Å². The smallest absolute Gasteiger partial charge is 0.238 e. The van der Waals surface area contributed by atoms with Gasteiger partial charge in [0.15, 0.2) is 5.69 Å². The van der Waals surface area contributed by atoms with E-state index in [-0.39, 0.29) is 20.6 Å². The van der Waals surface area contributed by atoms with Crippen molar-refractivity contribution < 1.29 is 26.3 Å². The van der Waals surface area contributed by atoms with E-state index in [0.717, 1.165) is 6.07 Å². The molecule has 0 aliphatic carbocycles. The molecule has 23 heavy (non-hydrogen) atoms. The summed E-state index contributed by atoms with van der Waals surface area (Å²) in [5.41, 5.74) is -4.24. The van der Waals surface area contributed by atoms with Crippen molar-refractivity contribution in [1.29, 1.82) is 0 Å². The molecule has 10 heteroatoms. The summed E-state index contributed by atoms with van der Waals surface area (Å²) < 4.78 is 77.0. The van der Waals surface area contributed by atoms with Gasteiger partial charge in [0.25, 0.3) is 0 Å². The minimum atomic E-state index is -5.12. The van der Waals surface area contributed by atoms with E-state index in [1.807, 2.05) is 0 Å². The van der Waals surface area contributed by atoms with Gasteiger partial charge in [-0.3, -0.25) is 0 Å². The molecule has 0 saturated heterocycles. The molecule has 1 aromatic carbocycles. The fraction of sp³-hybridized carbons (Fsp3) is 0.154. The third kappa shape index (κ3) is 3.67. The van der Waals surface area contributed by atoms with Crippen LogP contribution in [0.5, 0.6) is 0 Å². The standard InChI is InChI=1S/C13H4Cl3F6N/c14-7-3-1-5(9(15)10(7)16)6-2-4-8(12(17,18)19)23-11(6)13(20,21)22/h1-4H. The highest BCUT2D eigenvalue weighted by Crippen LogP contribution is 2.43. The second kappa shape index (κ2) is 6.03. The molecule has 0 spiro atoms. The van der Waals surface area contributed by atoms with Crippen molar-refractivity contribution in [3.63, 3.8) is 0 Å². The molecule has 0 amide bonds. The number of nitrogens with zero attached hydrogens (tertiary/aromatic N) is 1. The van der Waals surface area contributed by atoms with Crippen molar-refractivity contribution in [2.75, 3.05) is 0 Å². The maximum Gasteiger partial charge on any atom is 0.433 e. The van der Waals surface area contributed by atoms with E-state index < -0.39 is 29.3 Å². The molecule has 1 nitrogen and oxygen atoms in total. The third-order valence-corrected chi connectivity index (χ3v) is 4.07. The van der Waals surface area contributed by atoms with Gasteiger partial charge in [-0.05, 0) is 18.2 Å². The van der Waals surface area contributed by atoms with Crippen LogP contribution in [0.3, 0.4) is 0 Å². The van der Waals surface area contributed by atoms with Gasteiger partial charge in [0.2, 0.25) is 0 Å². The Balaban J connectivity index is 2.76. The molecule has 1 aromatic heterocycles. The maximum absolute atomic E-state index is 13.1. The number of halogens is 9. The second-order valence-corrected chi connectivity index (χ2v) is 5.47. The molecule has 124 valence electrons. The molecule has 0 bridgehead atoms. The van der Waals surface area contributed by atoms with Crippen LogP contribution < -0.4 is 0 Å². The molecular formula is C13H4Cl3F6N. The molecule has 0 N–H and O–H groups in total. The fourth-order valence-electron chi connectivity index (χ4n) is 1.78. The first-order chi connectivity index (χ1) is 10.4. The van der Waals surface area contributed by atoms with Crippen molar-refractivity contribution in [3.8, 4) is 11.1 Å². The Morgan fingerprint density at radius 2 is 1.26 bits per heavy atom. The predicted molar refractivity (Wildman–Crippen MR) is 74.7 cm³/mol. The second-order valence-electron chi connectivity index (χ2n) is 4.31. The summed E-state index contributed by atoms with van der Waals surface area (Å²) in [5, 5.41) is -0.529. The first-order valence-electron chi connectivity index (χ1n) is 5.72. The van der Waals surface area contributed by atoms with Gasteiger partial charge in [-0.2, -0.15) is 26.3 Å². The lowest BCUT2D eigenvalue weighted by Crippen LogP contribution is -2.16. The molecule has 0 radical (unpaired) electrons. The van der Waals surface area contributed by atoms with Gasteiger partial charge in [-0.15, -0.1) is 0 Å². The predicted octanol–water partition coefficient (Wildman–Crippen LogP) is 6.75. The molecule has 0 atom stereocenters. The highest BCUT2D eigenvalue weighted by Gasteiger charge is 2.40. The van der Waals surface area contributed by atoms with Crippen LogP contribution in [0, 0.1) is 0 Å². The van der Waals surface area contributed by atoms with E-state index >= 15 is 0 Å². The SMILES string of the molecule is FC(F)(F)c1ccc(-c2ccc(Cl)c(Cl)c2Cl)c(C(F)(F)F)n1. The van der Waals surface area contributed by atoms with Gasteiger partial charge in [-0.1, -0.05) is 40.9 Å². The zero-order valence-corrected chi connectivity index (χ0v) is 12.9. The maximum atomic E-state index is 13.1. The van der Waals surface area contributed by atoms with Crippen LogP contribution in [0.1, 0.15) is 11.4 Å². The highest BCUT2D eigenvalue weighted by atomic mass is 35.5. The number of hydrogen-bond acceptors (Lipinski definition) is 1. The summed E-state index contributed by atoms with van der Waals surface area (Å²) in [6.45, 7) is 0. The Morgan fingerprint density at radius 3 is 1.78 bits per heavy atom. The summed E-state index contributed by atoms with van der Waals surface area (Å²) in [5.74, 6) is 0. The van der Waals surface area contributed by atoms with Gasteiger partial charge >= 0.3 is 12.4 Å². The Kier molecular flexibility index (Phi) is 4.76. The lowest BCUT2D eigenvalue weighted by Gasteiger charge is -2.16. The number of rotatable bonds is 1. The highest BCUT2D eigenvalue weighted by molar-refractivity contribution is 6.49. The number of pyridine rings is 1. The molecule has 0 fully saturated rings. The molecule has 0 aliphatic heterocycles. The monoisotopic (exact) mass is 393 g/mol. The molecule has 0 aliphatic rings. The first kappa shape index (κ1) is 18.2. The van der Waals surface area contributed by atoms with Crippen LogP contribution in [-0.2, 0) is 12.4 Å². The third-order valence-electron chi connectivity index (χ3n) is 2.78. The molecule has 2 aromatic rings. The van der Waals surface area contributed by atoms with E-state index in [1.54, 1.807) is 0 Å². The van der Waals surface area contributed by atoms with Crippen molar-refractivity contribution >= 4 is 34.8 Å². The van der Waals surface area contributed by atoms with Gasteiger partial charge in [0, 0.05) is 11.1 Å². The van der Waals surface area contributed by atoms with E-state index in [0.29, 0.717) is 12.1 Å². The Morgan fingerprint density at radius 1 is 0.696 bits per heavy atom. The quantitative estimate of drug-likeness (QED) is 0.385. The normalized spacial score (nSPS) is 12.6. The summed E-state index contributed by atoms with van der Waals surface area (Å²) in [6.07, 6.45) is -10.1. The van der Waals surface area contributed by atoms with Gasteiger partial charge < -0.3 is 0 Å². The zero-order chi connectivity index (χ0) is 17.6. The number of hydrogen-bond donors (Lipinski definition) is 0. The summed E-state index contributed by atoms with van der Waals surface area (Å²) >= 11 is 17.3. The van der Waals surface area contributed by atoms with E-state index in [1.165, 1.54) is 6.07 Å². The van der Waals surface area contributed by atoms with Gasteiger partial charge in [0.1, 0.15) is 5.69 Å². The average molecular weight is 395 g/mol. The largest absolute Gasteiger partial charge is 0.433 e. The fourth-order valence-corrected chi connectivity index (χ4v) is 2.42. The number of benzene rings is 1. The Labute approximate surface area is 140 Å². The van der Waals surface area contributed by atoms with E-state index in [2.05, 4.69) is 4.98 Å². The summed E-state index contributed by atoms with van der Waals surface area (Å²) in [7, 11) is 0. The first-order valence-corrected chi connectivity index (χ1v) is 6.85. The summed E-state index contributed by atoms with van der Waals surface area (Å²) in [6, 6.07) is 3.38. The topological polar surface area (TPSA) is 12.9 Å². The zero-order valence-electron chi connectivity index (χ0n) is 10.7. The van der Waals surface area contributed by atoms with Crippen LogP contribution in [0.2, 0.25) is 15.1 Å². The summed E-state index contributed by atoms with van der Waals surface area (Å²) in [4.78, 5) is 2.70. The lowest BCUT2D eigenvalue weighted by atomic mass is 10.0. The lowest BCUT2D eigenvalue weighted by molar-refractivity contribution is -0.149. The number of aromatic nitrogens is 1. The molecule has 0 unspecified atom stereocenters. The van der Waals surface area contributed by atoms with Crippen LogP contribution >= 0.6 is 34.8 Å². The van der Waals surface area contributed by atoms with Crippen LogP contribution in [0.15, 0.2) is 24.3 Å². The molecule has 1 heterocycles. The van der Waals surface area contributed by atoms with Crippen molar-refractivity contribution in [2.45, 2.75) is 12.4 Å². The van der Waals surface area contributed by atoms with E-state index in [9.17, 15) is 26.3 Å². The van der Waals surface area contributed by atoms with Crippen molar-refractivity contribution in [1.82, 2.24) is 4.98 Å². The Bertz CT molecular complexity index is 755. The van der Waals surface area contributed by atoms with Crippen LogP contribution in [0.25, 0.3) is 11.1 Å². The minimum absolute atomic E-state index is 0.00570.